The van der Waals surface area contributed by atoms with E-state index in [0.717, 1.165) is 10.9 Å². The highest BCUT2D eigenvalue weighted by Gasteiger charge is 2.10. The van der Waals surface area contributed by atoms with Gasteiger partial charge in [-0.3, -0.25) is 9.78 Å². The molecule has 0 aliphatic rings. The van der Waals surface area contributed by atoms with Crippen LogP contribution in [0.15, 0.2) is 59.9 Å². The molecule has 0 atom stereocenters. The zero-order valence-electron chi connectivity index (χ0n) is 14.7. The van der Waals surface area contributed by atoms with Crippen molar-refractivity contribution in [3.8, 4) is 0 Å². The molecule has 2 aromatic heterocycles. The van der Waals surface area contributed by atoms with Gasteiger partial charge in [-0.2, -0.15) is 0 Å². The molecule has 0 unspecified atom stereocenters. The molecule has 0 saturated heterocycles. The van der Waals surface area contributed by atoms with Crippen LogP contribution >= 0.6 is 11.8 Å². The molecule has 0 bridgehead atoms. The fourth-order valence-electron chi connectivity index (χ4n) is 2.25. The van der Waals surface area contributed by atoms with Gasteiger partial charge in [-0.1, -0.05) is 30.0 Å². The molecule has 0 radical (unpaired) electrons. The van der Waals surface area contributed by atoms with Gasteiger partial charge >= 0.3 is 0 Å². The molecule has 1 amide bonds. The lowest BCUT2D eigenvalue weighted by Crippen LogP contribution is -2.22. The number of nitrogens with one attached hydrogen (secondary N) is 1. The zero-order valence-corrected chi connectivity index (χ0v) is 15.5. The first-order chi connectivity index (χ1) is 13.1. The topological polar surface area (TPSA) is 72.7 Å². The number of benzene rings is 1. The molecule has 1 N–H and O–H groups in total. The van der Waals surface area contributed by atoms with Crippen molar-refractivity contribution in [3.05, 3.63) is 77.6 Å². The minimum Gasteiger partial charge on any atom is -0.345 e. The molecule has 0 aliphatic heterocycles. The molecule has 1 aromatic carbocycles. The van der Waals surface area contributed by atoms with E-state index in [0.29, 0.717) is 17.1 Å². The van der Waals surface area contributed by atoms with Gasteiger partial charge in [0, 0.05) is 25.1 Å². The SMILES string of the molecule is Cn1c(CNC(=O)/C=C/c2cccc(F)c2)nnc1SCc1ccccn1. The number of thioether (sulfide) groups is 1. The molecule has 3 aromatic rings. The monoisotopic (exact) mass is 383 g/mol. The van der Waals surface area contributed by atoms with E-state index in [1.807, 2.05) is 29.8 Å². The van der Waals surface area contributed by atoms with Crippen LogP contribution in [0.1, 0.15) is 17.1 Å². The summed E-state index contributed by atoms with van der Waals surface area (Å²) in [6, 6.07) is 11.8. The van der Waals surface area contributed by atoms with E-state index in [2.05, 4.69) is 20.5 Å². The molecule has 27 heavy (non-hydrogen) atoms. The predicted molar refractivity (Wildman–Crippen MR) is 102 cm³/mol. The average Bonchev–Trinajstić information content (AvgIpc) is 3.03. The van der Waals surface area contributed by atoms with E-state index >= 15 is 0 Å². The molecule has 3 rings (SSSR count). The Morgan fingerprint density at radius 1 is 1.26 bits per heavy atom. The van der Waals surface area contributed by atoms with Crippen molar-refractivity contribution < 1.29 is 9.18 Å². The minimum atomic E-state index is -0.340. The highest BCUT2D eigenvalue weighted by atomic mass is 32.2. The number of aromatic nitrogens is 4. The number of rotatable bonds is 7. The van der Waals surface area contributed by atoms with Crippen molar-refractivity contribution in [2.24, 2.45) is 7.05 Å². The second-order valence-electron chi connectivity index (χ2n) is 5.67. The smallest absolute Gasteiger partial charge is 0.244 e. The van der Waals surface area contributed by atoms with Crippen molar-refractivity contribution in [3.63, 3.8) is 0 Å². The van der Waals surface area contributed by atoms with E-state index in [9.17, 15) is 9.18 Å². The van der Waals surface area contributed by atoms with Crippen molar-refractivity contribution in [1.29, 1.82) is 0 Å². The van der Waals surface area contributed by atoms with Crippen LogP contribution in [-0.4, -0.2) is 25.7 Å². The minimum absolute atomic E-state index is 0.250. The van der Waals surface area contributed by atoms with Crippen LogP contribution in [0.4, 0.5) is 4.39 Å². The fraction of sp³-hybridized carbons (Fsp3) is 0.158. The van der Waals surface area contributed by atoms with E-state index in [4.69, 9.17) is 0 Å². The van der Waals surface area contributed by atoms with Crippen molar-refractivity contribution in [2.45, 2.75) is 17.5 Å². The normalized spacial score (nSPS) is 11.0. The number of hydrogen-bond acceptors (Lipinski definition) is 5. The third-order valence-electron chi connectivity index (χ3n) is 3.70. The molecule has 8 heteroatoms. The first-order valence-corrected chi connectivity index (χ1v) is 9.23. The molecular formula is C19H18FN5OS. The molecule has 6 nitrogen and oxygen atoms in total. The zero-order chi connectivity index (χ0) is 19.1. The Hall–Kier alpha value is -3.00. The number of pyridine rings is 1. The number of halogens is 1. The summed E-state index contributed by atoms with van der Waals surface area (Å²) in [7, 11) is 1.85. The van der Waals surface area contributed by atoms with Gasteiger partial charge in [0.2, 0.25) is 5.91 Å². The van der Waals surface area contributed by atoms with Gasteiger partial charge in [0.05, 0.1) is 12.2 Å². The highest BCUT2D eigenvalue weighted by Crippen LogP contribution is 2.19. The lowest BCUT2D eigenvalue weighted by atomic mass is 10.2. The Bertz CT molecular complexity index is 942. The summed E-state index contributed by atoms with van der Waals surface area (Å²) in [5.74, 6) is 0.707. The van der Waals surface area contributed by atoms with Crippen LogP contribution in [0, 0.1) is 5.82 Å². The summed E-state index contributed by atoms with van der Waals surface area (Å²) in [5.41, 5.74) is 1.58. The number of hydrogen-bond donors (Lipinski definition) is 1. The lowest BCUT2D eigenvalue weighted by molar-refractivity contribution is -0.116. The number of nitrogens with zero attached hydrogens (tertiary/aromatic N) is 4. The Balaban J connectivity index is 1.52. The van der Waals surface area contributed by atoms with Gasteiger partial charge in [0.15, 0.2) is 11.0 Å². The third-order valence-corrected chi connectivity index (χ3v) is 4.75. The average molecular weight is 383 g/mol. The molecule has 0 spiro atoms. The van der Waals surface area contributed by atoms with Crippen LogP contribution in [-0.2, 0) is 24.1 Å². The second kappa shape index (κ2) is 9.09. The van der Waals surface area contributed by atoms with Crippen molar-refractivity contribution in [2.75, 3.05) is 0 Å². The molecule has 2 heterocycles. The van der Waals surface area contributed by atoms with Crippen LogP contribution < -0.4 is 5.32 Å². The van der Waals surface area contributed by atoms with Crippen LogP contribution in [0.2, 0.25) is 0 Å². The third kappa shape index (κ3) is 5.49. The number of carbonyl (C=O) groups is 1. The standard InChI is InChI=1S/C19H18FN5OS/c1-25-17(23-24-19(25)27-13-16-7-2-3-10-21-16)12-22-18(26)9-8-14-5-4-6-15(20)11-14/h2-11H,12-13H2,1H3,(H,22,26)/b9-8+. The van der Waals surface area contributed by atoms with E-state index in [-0.39, 0.29) is 18.3 Å². The Labute approximate surface area is 160 Å². The van der Waals surface area contributed by atoms with E-state index in [1.165, 1.54) is 30.0 Å². The van der Waals surface area contributed by atoms with Crippen LogP contribution in [0.25, 0.3) is 6.08 Å². The van der Waals surface area contributed by atoms with Gasteiger partial charge in [-0.15, -0.1) is 10.2 Å². The fourth-order valence-corrected chi connectivity index (χ4v) is 3.10. The molecule has 0 fully saturated rings. The summed E-state index contributed by atoms with van der Waals surface area (Å²) in [6.45, 7) is 0.250. The Kier molecular flexibility index (Phi) is 6.32. The molecule has 138 valence electrons. The molecular weight excluding hydrogens is 365 g/mol. The van der Waals surface area contributed by atoms with E-state index in [1.54, 1.807) is 24.4 Å². The first kappa shape index (κ1) is 18.8. The number of carbonyl (C=O) groups excluding carboxylic acids is 1. The summed E-state index contributed by atoms with van der Waals surface area (Å²) in [4.78, 5) is 16.2. The van der Waals surface area contributed by atoms with Gasteiger partial charge in [-0.25, -0.2) is 4.39 Å². The summed E-state index contributed by atoms with van der Waals surface area (Å²) < 4.78 is 15.0. The maximum atomic E-state index is 13.1. The maximum Gasteiger partial charge on any atom is 0.244 e. The summed E-state index contributed by atoms with van der Waals surface area (Å²) in [5, 5.41) is 11.8. The largest absolute Gasteiger partial charge is 0.345 e. The predicted octanol–water partition coefficient (Wildman–Crippen LogP) is 2.97. The second-order valence-corrected chi connectivity index (χ2v) is 6.62. The molecule has 0 saturated carbocycles. The summed E-state index contributed by atoms with van der Waals surface area (Å²) >= 11 is 1.53. The van der Waals surface area contributed by atoms with Gasteiger partial charge in [0.25, 0.3) is 0 Å². The maximum absolute atomic E-state index is 13.1. The van der Waals surface area contributed by atoms with Gasteiger partial charge in [0.1, 0.15) is 5.82 Å². The Morgan fingerprint density at radius 2 is 2.15 bits per heavy atom. The summed E-state index contributed by atoms with van der Waals surface area (Å²) in [6.07, 6.45) is 4.68. The van der Waals surface area contributed by atoms with Crippen LogP contribution in [0.3, 0.4) is 0 Å². The molecule has 0 aliphatic carbocycles. The Morgan fingerprint density at radius 3 is 2.93 bits per heavy atom. The van der Waals surface area contributed by atoms with Gasteiger partial charge in [-0.05, 0) is 35.9 Å². The van der Waals surface area contributed by atoms with E-state index < -0.39 is 0 Å². The van der Waals surface area contributed by atoms with Crippen molar-refractivity contribution >= 4 is 23.7 Å². The highest BCUT2D eigenvalue weighted by molar-refractivity contribution is 7.98. The lowest BCUT2D eigenvalue weighted by Gasteiger charge is -2.04. The van der Waals surface area contributed by atoms with Crippen molar-refractivity contribution in [1.82, 2.24) is 25.1 Å². The first-order valence-electron chi connectivity index (χ1n) is 8.24. The van der Waals surface area contributed by atoms with Gasteiger partial charge < -0.3 is 9.88 Å². The number of amides is 1. The van der Waals surface area contributed by atoms with Crippen LogP contribution in [0.5, 0.6) is 0 Å². The quantitative estimate of drug-likeness (QED) is 0.502.